The Hall–Kier alpha value is -2.09. The standard InChI is InChI=1S/C18H19N6O7P.Na/c1-20-10-5-3-2-4-9(10)18(25)30-14-13-11(6-28-32(26,27)31-13)29-17(14)24-8-23-12-15(19)21-7-22-16(12)24;/h2-5,7-8,11,13-14,17,20H,6H2,1H3,(H,26,27)(H2,19,21,22);/q;+1/p-1/t11?,13?,14-,17+;/m0./s1. The van der Waals surface area contributed by atoms with Crippen LogP contribution in [0, 0.1) is 0 Å². The summed E-state index contributed by atoms with van der Waals surface area (Å²) in [7, 11) is -2.92. The van der Waals surface area contributed by atoms with Crippen LogP contribution < -0.4 is 45.5 Å². The molecule has 15 heteroatoms. The summed E-state index contributed by atoms with van der Waals surface area (Å²) in [5.74, 6) is -0.534. The molecule has 0 bridgehead atoms. The maximum Gasteiger partial charge on any atom is 1.00 e. The van der Waals surface area contributed by atoms with Gasteiger partial charge < -0.3 is 34.5 Å². The van der Waals surface area contributed by atoms with E-state index in [1.807, 2.05) is 0 Å². The third-order valence-corrected chi connectivity index (χ3v) is 6.22. The van der Waals surface area contributed by atoms with Crippen molar-refractivity contribution >= 4 is 36.5 Å². The number of imidazole rings is 1. The molecule has 3 N–H and O–H groups in total. The van der Waals surface area contributed by atoms with Crippen molar-refractivity contribution in [3.05, 3.63) is 42.5 Å². The molecule has 0 amide bonds. The number of anilines is 2. The van der Waals surface area contributed by atoms with Crippen LogP contribution in [-0.2, 0) is 23.1 Å². The minimum absolute atomic E-state index is 0. The average molecular weight is 484 g/mol. The van der Waals surface area contributed by atoms with E-state index in [4.69, 9.17) is 24.3 Å². The SMILES string of the molecule is CNc1ccccc1C(=O)O[C@H]1C2OP(=O)([O-])OCC2O[C@H]1n1cnc2c(N)ncnc21.[Na+]. The van der Waals surface area contributed by atoms with Crippen LogP contribution in [0.4, 0.5) is 11.5 Å². The van der Waals surface area contributed by atoms with Gasteiger partial charge in [0.15, 0.2) is 23.8 Å². The number of benzene rings is 1. The zero-order valence-electron chi connectivity index (χ0n) is 17.7. The van der Waals surface area contributed by atoms with Gasteiger partial charge in [0.1, 0.15) is 24.1 Å². The predicted molar refractivity (Wildman–Crippen MR) is 107 cm³/mol. The number of carbonyl (C=O) groups excluding carboxylic acids is 1. The van der Waals surface area contributed by atoms with E-state index in [-0.39, 0.29) is 47.5 Å². The van der Waals surface area contributed by atoms with Crippen molar-refractivity contribution in [2.75, 3.05) is 24.7 Å². The van der Waals surface area contributed by atoms with Gasteiger partial charge in [0.25, 0.3) is 7.82 Å². The molecule has 13 nitrogen and oxygen atoms in total. The zero-order valence-corrected chi connectivity index (χ0v) is 20.5. The van der Waals surface area contributed by atoms with E-state index in [9.17, 15) is 14.3 Å². The molecule has 2 aliphatic rings. The van der Waals surface area contributed by atoms with Crippen molar-refractivity contribution in [1.29, 1.82) is 0 Å². The summed E-state index contributed by atoms with van der Waals surface area (Å²) in [6.45, 7) is -0.285. The van der Waals surface area contributed by atoms with Crippen LogP contribution in [0.5, 0.6) is 0 Å². The summed E-state index contributed by atoms with van der Waals surface area (Å²) in [4.78, 5) is 37.3. The first-order valence-corrected chi connectivity index (χ1v) is 11.0. The van der Waals surface area contributed by atoms with E-state index in [0.29, 0.717) is 16.9 Å². The van der Waals surface area contributed by atoms with Crippen molar-refractivity contribution in [2.45, 2.75) is 24.5 Å². The number of nitrogens with zero attached hydrogens (tertiary/aromatic N) is 4. The van der Waals surface area contributed by atoms with Crippen molar-refractivity contribution in [3.8, 4) is 0 Å². The molecule has 1 aromatic carbocycles. The van der Waals surface area contributed by atoms with E-state index in [1.54, 1.807) is 31.3 Å². The number of nitrogens with two attached hydrogens (primary N) is 1. The van der Waals surface area contributed by atoms with E-state index in [1.165, 1.54) is 17.2 Å². The number of phosphoric acid groups is 1. The molecular formula is C18H18N6NaO7P. The second-order valence-corrected chi connectivity index (χ2v) is 8.49. The predicted octanol–water partition coefficient (Wildman–Crippen LogP) is -2.54. The smallest absolute Gasteiger partial charge is 0.756 e. The maximum atomic E-state index is 13.0. The number of para-hydroxylation sites is 1. The number of hydrogen-bond acceptors (Lipinski definition) is 12. The molecule has 2 fully saturated rings. The zero-order chi connectivity index (χ0) is 22.5. The van der Waals surface area contributed by atoms with Gasteiger partial charge in [-0.2, -0.15) is 0 Å². The maximum absolute atomic E-state index is 13.0. The minimum Gasteiger partial charge on any atom is -0.756 e. The Labute approximate surface area is 209 Å². The Morgan fingerprint density at radius 2 is 2.12 bits per heavy atom. The number of carbonyl (C=O) groups is 1. The van der Waals surface area contributed by atoms with E-state index in [0.717, 1.165) is 0 Å². The quantitative estimate of drug-likeness (QED) is 0.226. The molecule has 2 saturated heterocycles. The van der Waals surface area contributed by atoms with Gasteiger partial charge in [-0.15, -0.1) is 0 Å². The van der Waals surface area contributed by atoms with Crippen LogP contribution in [0.1, 0.15) is 16.6 Å². The number of aromatic nitrogens is 4. The number of nitrogen functional groups attached to an aromatic ring is 1. The minimum atomic E-state index is -4.59. The molecule has 0 aliphatic carbocycles. The third-order valence-electron chi connectivity index (χ3n) is 5.25. The Balaban J connectivity index is 0.00000259. The normalized spacial score (nSPS) is 28.7. The molecule has 2 aromatic heterocycles. The topological polar surface area (TPSA) is 176 Å². The van der Waals surface area contributed by atoms with E-state index in [2.05, 4.69) is 20.3 Å². The first kappa shape index (κ1) is 24.0. The van der Waals surface area contributed by atoms with Crippen LogP contribution in [0.2, 0.25) is 0 Å². The van der Waals surface area contributed by atoms with Crippen molar-refractivity contribution in [2.24, 2.45) is 0 Å². The summed E-state index contributed by atoms with van der Waals surface area (Å²) in [5, 5.41) is 2.92. The first-order valence-electron chi connectivity index (χ1n) is 9.58. The third kappa shape index (κ3) is 4.38. The van der Waals surface area contributed by atoms with E-state index < -0.39 is 38.3 Å². The molecular weight excluding hydrogens is 466 g/mol. The molecule has 0 saturated carbocycles. The Morgan fingerprint density at radius 1 is 1.33 bits per heavy atom. The van der Waals surface area contributed by atoms with Crippen molar-refractivity contribution in [3.63, 3.8) is 0 Å². The summed E-state index contributed by atoms with van der Waals surface area (Å²) in [6, 6.07) is 6.74. The monoisotopic (exact) mass is 484 g/mol. The van der Waals surface area contributed by atoms with Gasteiger partial charge in [-0.1, -0.05) is 12.1 Å². The summed E-state index contributed by atoms with van der Waals surface area (Å²) < 4.78 is 35.1. The molecule has 4 heterocycles. The number of phosphoric ester groups is 1. The van der Waals surface area contributed by atoms with Crippen LogP contribution in [0.25, 0.3) is 11.2 Å². The molecule has 0 radical (unpaired) electrons. The van der Waals surface area contributed by atoms with Crippen molar-refractivity contribution < 1.29 is 62.3 Å². The Kier molecular flexibility index (Phi) is 6.76. The molecule has 3 unspecified atom stereocenters. The molecule has 0 spiro atoms. The molecule has 2 aliphatic heterocycles. The van der Waals surface area contributed by atoms with Crippen molar-refractivity contribution in [1.82, 2.24) is 19.5 Å². The van der Waals surface area contributed by atoms with Crippen LogP contribution in [0.3, 0.4) is 0 Å². The van der Waals surface area contributed by atoms with Gasteiger partial charge in [0.05, 0.1) is 18.5 Å². The van der Waals surface area contributed by atoms with Gasteiger partial charge >= 0.3 is 35.5 Å². The fourth-order valence-corrected chi connectivity index (χ4v) is 4.73. The largest absolute Gasteiger partial charge is 1.00 e. The van der Waals surface area contributed by atoms with Gasteiger partial charge in [0, 0.05) is 12.7 Å². The van der Waals surface area contributed by atoms with Crippen LogP contribution >= 0.6 is 7.82 Å². The number of esters is 1. The summed E-state index contributed by atoms with van der Waals surface area (Å²) in [5.41, 5.74) is 7.31. The van der Waals surface area contributed by atoms with Crippen LogP contribution in [-0.4, -0.2) is 57.5 Å². The van der Waals surface area contributed by atoms with Gasteiger partial charge in [-0.05, 0) is 12.1 Å². The molecule has 33 heavy (non-hydrogen) atoms. The first-order chi connectivity index (χ1) is 15.4. The van der Waals surface area contributed by atoms with E-state index >= 15 is 0 Å². The molecule has 3 aromatic rings. The van der Waals surface area contributed by atoms with Gasteiger partial charge in [0.2, 0.25) is 0 Å². The fourth-order valence-electron chi connectivity index (χ4n) is 3.79. The molecule has 5 atom stereocenters. The average Bonchev–Trinajstić information content (AvgIpc) is 3.35. The molecule has 5 rings (SSSR count). The number of nitrogens with one attached hydrogen (secondary N) is 1. The summed E-state index contributed by atoms with van der Waals surface area (Å²) in [6.07, 6.45) is -1.44. The Morgan fingerprint density at radius 3 is 2.91 bits per heavy atom. The fraction of sp³-hybridized carbons (Fsp3) is 0.333. The number of hydrogen-bond donors (Lipinski definition) is 2. The van der Waals surface area contributed by atoms with Gasteiger partial charge in [-0.25, -0.2) is 19.7 Å². The second kappa shape index (κ2) is 9.28. The number of ether oxygens (including phenoxy) is 2. The summed E-state index contributed by atoms with van der Waals surface area (Å²) >= 11 is 0. The molecule has 168 valence electrons. The second-order valence-electron chi connectivity index (χ2n) is 7.13. The number of fused-ring (bicyclic) bond motifs is 2. The Bertz CT molecular complexity index is 1240. The van der Waals surface area contributed by atoms with Crippen LogP contribution in [0.15, 0.2) is 36.9 Å². The number of rotatable bonds is 4. The van der Waals surface area contributed by atoms with Gasteiger partial charge in [-0.3, -0.25) is 9.13 Å².